The number of ether oxygens (including phenoxy) is 1. The molecule has 0 atom stereocenters. The molecule has 26 heavy (non-hydrogen) atoms. The Morgan fingerprint density at radius 2 is 1.88 bits per heavy atom. The number of rotatable bonds is 2. The second-order valence-corrected chi connectivity index (χ2v) is 6.42. The largest absolute Gasteiger partial charge is 0.507 e. The molecular formula is C19H25N5O2. The monoisotopic (exact) mass is 355 g/mol. The van der Waals surface area contributed by atoms with E-state index in [0.717, 1.165) is 5.52 Å². The van der Waals surface area contributed by atoms with Crippen LogP contribution in [-0.2, 0) is 0 Å². The minimum absolute atomic E-state index is 0.0847. The Balaban J connectivity index is 0.000000236. The maximum absolute atomic E-state index is 10.1. The van der Waals surface area contributed by atoms with Crippen LogP contribution in [0, 0.1) is 0 Å². The number of nitrogen functional groups attached to an aromatic ring is 1. The number of phenolic OH excluding ortho intramolecular Hbond substituents is 1. The predicted molar refractivity (Wildman–Crippen MR) is 102 cm³/mol. The molecule has 0 spiro atoms. The second kappa shape index (κ2) is 8.05. The molecule has 1 aliphatic heterocycles. The van der Waals surface area contributed by atoms with Gasteiger partial charge in [-0.05, 0) is 57.2 Å². The van der Waals surface area contributed by atoms with Crippen LogP contribution in [0.3, 0.4) is 0 Å². The summed E-state index contributed by atoms with van der Waals surface area (Å²) in [4.78, 5) is 2.39. The van der Waals surface area contributed by atoms with Gasteiger partial charge in [-0.3, -0.25) is 4.40 Å². The van der Waals surface area contributed by atoms with Gasteiger partial charge in [0.25, 0.3) is 0 Å². The van der Waals surface area contributed by atoms with Gasteiger partial charge in [0.15, 0.2) is 0 Å². The fourth-order valence-electron chi connectivity index (χ4n) is 3.06. The van der Waals surface area contributed by atoms with E-state index < -0.39 is 0 Å². The van der Waals surface area contributed by atoms with E-state index >= 15 is 0 Å². The normalized spacial score (nSPS) is 14.7. The van der Waals surface area contributed by atoms with E-state index in [0.29, 0.717) is 23.0 Å². The molecule has 138 valence electrons. The van der Waals surface area contributed by atoms with Crippen LogP contribution >= 0.6 is 0 Å². The minimum atomic E-state index is 0.0847. The highest BCUT2D eigenvalue weighted by Gasteiger charge is 2.13. The number of fused-ring (bicyclic) bond motifs is 1. The van der Waals surface area contributed by atoms with Gasteiger partial charge in [0.2, 0.25) is 5.95 Å². The lowest BCUT2D eigenvalue weighted by atomic mass is 10.1. The standard InChI is InChI=1S/C13H12N4O2.C6H13N/c1-19-8-4-5-9(11(18)7-8)12-10-3-2-6-17(10)13(14)16-15-12;1-7-5-3-2-4-6-7/h2-7,18H,1H3,(H2,14,16);2-6H2,1H3. The van der Waals surface area contributed by atoms with Crippen molar-refractivity contribution in [1.29, 1.82) is 0 Å². The van der Waals surface area contributed by atoms with Crippen LogP contribution < -0.4 is 10.5 Å². The molecule has 4 rings (SSSR count). The molecule has 1 saturated heterocycles. The van der Waals surface area contributed by atoms with Gasteiger partial charge in [-0.1, -0.05) is 6.42 Å². The SMILES string of the molecule is CN1CCCCC1.COc1ccc(-c2nnc(N)n3cccc23)c(O)c1. The Labute approximate surface area is 153 Å². The molecule has 3 heterocycles. The molecule has 1 fully saturated rings. The molecule has 0 radical (unpaired) electrons. The highest BCUT2D eigenvalue weighted by Crippen LogP contribution is 2.33. The van der Waals surface area contributed by atoms with Crippen molar-refractivity contribution in [2.24, 2.45) is 0 Å². The average Bonchev–Trinajstić information content (AvgIpc) is 3.14. The van der Waals surface area contributed by atoms with Gasteiger partial charge in [-0.15, -0.1) is 10.2 Å². The van der Waals surface area contributed by atoms with Gasteiger partial charge in [-0.25, -0.2) is 0 Å². The van der Waals surface area contributed by atoms with Crippen molar-refractivity contribution in [3.05, 3.63) is 36.5 Å². The van der Waals surface area contributed by atoms with Crippen LogP contribution in [-0.4, -0.2) is 51.9 Å². The number of likely N-dealkylation sites (tertiary alicyclic amines) is 1. The number of aromatic hydroxyl groups is 1. The van der Waals surface area contributed by atoms with E-state index in [1.165, 1.54) is 38.4 Å². The summed E-state index contributed by atoms with van der Waals surface area (Å²) in [5.74, 6) is 0.967. The number of piperidine rings is 1. The molecule has 3 aromatic rings. The summed E-state index contributed by atoms with van der Waals surface area (Å²) in [6.45, 7) is 2.64. The van der Waals surface area contributed by atoms with Crippen molar-refractivity contribution in [1.82, 2.24) is 19.5 Å². The summed E-state index contributed by atoms with van der Waals surface area (Å²) in [6.07, 6.45) is 6.07. The number of anilines is 1. The van der Waals surface area contributed by atoms with Crippen LogP contribution in [0.15, 0.2) is 36.5 Å². The second-order valence-electron chi connectivity index (χ2n) is 6.42. The number of aromatic nitrogens is 3. The lowest BCUT2D eigenvalue weighted by molar-refractivity contribution is 0.277. The molecule has 0 saturated carbocycles. The quantitative estimate of drug-likeness (QED) is 0.735. The zero-order valence-electron chi connectivity index (χ0n) is 15.2. The fraction of sp³-hybridized carbons (Fsp3) is 0.368. The summed E-state index contributed by atoms with van der Waals surface area (Å²) < 4.78 is 6.77. The molecule has 0 aliphatic carbocycles. The first kappa shape index (κ1) is 18.0. The third kappa shape index (κ3) is 3.88. The molecule has 3 N–H and O–H groups in total. The summed E-state index contributed by atoms with van der Waals surface area (Å²) in [5, 5.41) is 18.0. The maximum Gasteiger partial charge on any atom is 0.225 e. The first-order valence-corrected chi connectivity index (χ1v) is 8.75. The highest BCUT2D eigenvalue weighted by atomic mass is 16.5. The summed E-state index contributed by atoms with van der Waals surface area (Å²) in [6, 6.07) is 8.74. The van der Waals surface area contributed by atoms with Gasteiger partial charge < -0.3 is 20.5 Å². The van der Waals surface area contributed by atoms with E-state index in [-0.39, 0.29) is 5.75 Å². The van der Waals surface area contributed by atoms with Crippen LogP contribution in [0.5, 0.6) is 11.5 Å². The zero-order chi connectivity index (χ0) is 18.5. The van der Waals surface area contributed by atoms with Crippen molar-refractivity contribution in [2.75, 3.05) is 33.0 Å². The first-order valence-electron chi connectivity index (χ1n) is 8.75. The third-order valence-corrected chi connectivity index (χ3v) is 4.53. The minimum Gasteiger partial charge on any atom is -0.507 e. The highest BCUT2D eigenvalue weighted by molar-refractivity contribution is 5.81. The van der Waals surface area contributed by atoms with E-state index in [1.807, 2.05) is 12.1 Å². The van der Waals surface area contributed by atoms with Gasteiger partial charge in [0, 0.05) is 17.8 Å². The number of methoxy groups -OCH3 is 1. The summed E-state index contributed by atoms with van der Waals surface area (Å²) >= 11 is 0. The number of nitrogens with two attached hydrogens (primary N) is 1. The van der Waals surface area contributed by atoms with Crippen molar-refractivity contribution in [3.8, 4) is 22.8 Å². The molecule has 1 aliphatic rings. The number of nitrogens with zero attached hydrogens (tertiary/aromatic N) is 4. The molecule has 0 amide bonds. The maximum atomic E-state index is 10.1. The van der Waals surface area contributed by atoms with Crippen molar-refractivity contribution in [3.63, 3.8) is 0 Å². The molecular weight excluding hydrogens is 330 g/mol. The third-order valence-electron chi connectivity index (χ3n) is 4.53. The van der Waals surface area contributed by atoms with Crippen LogP contribution in [0.2, 0.25) is 0 Å². The summed E-state index contributed by atoms with van der Waals surface area (Å²) in [7, 11) is 3.74. The van der Waals surface area contributed by atoms with Crippen LogP contribution in [0.4, 0.5) is 5.95 Å². The average molecular weight is 355 g/mol. The fourth-order valence-corrected chi connectivity index (χ4v) is 3.06. The van der Waals surface area contributed by atoms with Crippen LogP contribution in [0.25, 0.3) is 16.8 Å². The lowest BCUT2D eigenvalue weighted by Gasteiger charge is -2.20. The number of benzene rings is 1. The van der Waals surface area contributed by atoms with Crippen LogP contribution in [0.1, 0.15) is 19.3 Å². The van der Waals surface area contributed by atoms with Crippen molar-refractivity contribution < 1.29 is 9.84 Å². The van der Waals surface area contributed by atoms with Gasteiger partial charge in [0.05, 0.1) is 12.6 Å². The number of phenols is 1. The Morgan fingerprint density at radius 3 is 2.50 bits per heavy atom. The van der Waals surface area contributed by atoms with E-state index in [2.05, 4.69) is 22.1 Å². The predicted octanol–water partition coefficient (Wildman–Crippen LogP) is 2.79. The zero-order valence-corrected chi connectivity index (χ0v) is 15.2. The molecule has 0 unspecified atom stereocenters. The van der Waals surface area contributed by atoms with Crippen molar-refractivity contribution >= 4 is 11.5 Å². The molecule has 7 heteroatoms. The number of hydrogen-bond acceptors (Lipinski definition) is 6. The smallest absolute Gasteiger partial charge is 0.225 e. The molecule has 2 aromatic heterocycles. The van der Waals surface area contributed by atoms with E-state index in [9.17, 15) is 5.11 Å². The topological polar surface area (TPSA) is 88.9 Å². The Hall–Kier alpha value is -2.80. The lowest BCUT2D eigenvalue weighted by Crippen LogP contribution is -2.24. The number of hydrogen-bond donors (Lipinski definition) is 2. The Bertz CT molecular complexity index is 871. The molecule has 1 aromatic carbocycles. The van der Waals surface area contributed by atoms with E-state index in [1.54, 1.807) is 29.8 Å². The Kier molecular flexibility index (Phi) is 5.58. The van der Waals surface area contributed by atoms with Gasteiger partial charge >= 0.3 is 0 Å². The molecule has 0 bridgehead atoms. The van der Waals surface area contributed by atoms with Gasteiger partial charge in [0.1, 0.15) is 17.2 Å². The summed E-state index contributed by atoms with van der Waals surface area (Å²) in [5.41, 5.74) is 7.67. The van der Waals surface area contributed by atoms with Gasteiger partial charge in [-0.2, -0.15) is 0 Å². The van der Waals surface area contributed by atoms with Crippen molar-refractivity contribution in [2.45, 2.75) is 19.3 Å². The Morgan fingerprint density at radius 1 is 1.12 bits per heavy atom. The molecule has 7 nitrogen and oxygen atoms in total. The van der Waals surface area contributed by atoms with E-state index in [4.69, 9.17) is 10.5 Å². The first-order chi connectivity index (χ1) is 12.6.